The van der Waals surface area contributed by atoms with E-state index in [0.717, 1.165) is 3.57 Å². The topological polar surface area (TPSA) is 105 Å². The monoisotopic (exact) mass is 428 g/mol. The molecule has 2 rings (SSSR count). The van der Waals surface area contributed by atoms with Gasteiger partial charge in [-0.25, -0.2) is 9.59 Å². The van der Waals surface area contributed by atoms with Gasteiger partial charge < -0.3 is 20.9 Å². The number of benzene rings is 2. The van der Waals surface area contributed by atoms with Crippen molar-refractivity contribution in [3.63, 3.8) is 0 Å². The predicted octanol–water partition coefficient (Wildman–Crippen LogP) is 2.72. The van der Waals surface area contributed by atoms with Gasteiger partial charge in [0.25, 0.3) is 0 Å². The van der Waals surface area contributed by atoms with Crippen molar-refractivity contribution in [3.05, 3.63) is 57.2 Å². The molecule has 0 heterocycles. The van der Waals surface area contributed by atoms with Crippen LogP contribution in [0.5, 0.6) is 0 Å². The lowest BCUT2D eigenvalue weighted by Crippen LogP contribution is -2.02. The van der Waals surface area contributed by atoms with Crippen molar-refractivity contribution < 1.29 is 19.1 Å². The standard InChI is InChI=1S/C8H8INO2.C8H9NO2/c1-12-8(11)5-2-3-7(10)6(9)4-5;1-11-8(10)6-2-4-7(9)5-3-6/h2-4H,10H2,1H3;2-5H,9H2,1H3. The quantitative estimate of drug-likeness (QED) is 0.433. The maximum Gasteiger partial charge on any atom is 0.337 e. The first-order chi connectivity index (χ1) is 10.9. The highest BCUT2D eigenvalue weighted by Gasteiger charge is 2.06. The molecule has 0 aliphatic heterocycles. The van der Waals surface area contributed by atoms with Gasteiger partial charge in [0.2, 0.25) is 0 Å². The summed E-state index contributed by atoms with van der Waals surface area (Å²) in [5.74, 6) is -0.682. The highest BCUT2D eigenvalue weighted by atomic mass is 127. The van der Waals surface area contributed by atoms with Gasteiger partial charge in [0, 0.05) is 14.9 Å². The van der Waals surface area contributed by atoms with E-state index in [0.29, 0.717) is 22.5 Å². The third-order valence-corrected chi connectivity index (χ3v) is 3.69. The summed E-state index contributed by atoms with van der Waals surface area (Å²) in [6, 6.07) is 11.6. The summed E-state index contributed by atoms with van der Waals surface area (Å²) < 4.78 is 9.90. The van der Waals surface area contributed by atoms with Gasteiger partial charge in [-0.1, -0.05) is 0 Å². The molecule has 0 unspecified atom stereocenters. The normalized spacial score (nSPS) is 9.35. The fourth-order valence-corrected chi connectivity index (χ4v) is 2.02. The largest absolute Gasteiger partial charge is 0.465 e. The second-order valence-electron chi connectivity index (χ2n) is 4.34. The molecular weight excluding hydrogens is 411 g/mol. The lowest BCUT2D eigenvalue weighted by molar-refractivity contribution is 0.0592. The van der Waals surface area contributed by atoms with Gasteiger partial charge >= 0.3 is 11.9 Å². The molecule has 0 aliphatic rings. The molecule has 23 heavy (non-hydrogen) atoms. The van der Waals surface area contributed by atoms with Crippen molar-refractivity contribution in [1.82, 2.24) is 0 Å². The summed E-state index contributed by atoms with van der Waals surface area (Å²) >= 11 is 2.07. The Labute approximate surface area is 147 Å². The van der Waals surface area contributed by atoms with E-state index in [4.69, 9.17) is 11.5 Å². The Kier molecular flexibility index (Phi) is 7.33. The molecule has 0 aliphatic carbocycles. The second-order valence-corrected chi connectivity index (χ2v) is 5.50. The molecule has 2 aromatic rings. The van der Waals surface area contributed by atoms with Gasteiger partial charge in [0.05, 0.1) is 25.3 Å². The Morgan fingerprint density at radius 3 is 1.83 bits per heavy atom. The summed E-state index contributed by atoms with van der Waals surface area (Å²) in [7, 11) is 2.70. The van der Waals surface area contributed by atoms with Crippen molar-refractivity contribution >= 4 is 45.9 Å². The number of halogens is 1. The van der Waals surface area contributed by atoms with E-state index < -0.39 is 0 Å². The van der Waals surface area contributed by atoms with E-state index in [2.05, 4.69) is 32.1 Å². The number of carbonyl (C=O) groups is 2. The number of anilines is 2. The Bertz CT molecular complexity index is 687. The van der Waals surface area contributed by atoms with Crippen LogP contribution in [0.1, 0.15) is 20.7 Å². The maximum atomic E-state index is 11.0. The van der Waals surface area contributed by atoms with Crippen LogP contribution in [0.4, 0.5) is 11.4 Å². The molecule has 0 saturated heterocycles. The Balaban J connectivity index is 0.000000231. The molecule has 0 saturated carbocycles. The number of esters is 2. The molecule has 0 aromatic heterocycles. The number of nitrogens with two attached hydrogens (primary N) is 2. The molecule has 0 radical (unpaired) electrons. The first-order valence-corrected chi connectivity index (χ1v) is 7.54. The number of ether oxygens (including phenoxy) is 2. The van der Waals surface area contributed by atoms with Gasteiger partial charge in [-0.15, -0.1) is 0 Å². The number of rotatable bonds is 2. The van der Waals surface area contributed by atoms with Crippen LogP contribution < -0.4 is 11.5 Å². The first kappa shape index (κ1) is 18.8. The van der Waals surface area contributed by atoms with E-state index in [9.17, 15) is 9.59 Å². The molecule has 6 nitrogen and oxygen atoms in total. The van der Waals surface area contributed by atoms with E-state index in [1.165, 1.54) is 14.2 Å². The molecule has 0 spiro atoms. The van der Waals surface area contributed by atoms with E-state index in [1.807, 2.05) is 0 Å². The average molecular weight is 428 g/mol. The van der Waals surface area contributed by atoms with Crippen molar-refractivity contribution in [2.24, 2.45) is 0 Å². The van der Waals surface area contributed by atoms with Crippen LogP contribution >= 0.6 is 22.6 Å². The Morgan fingerprint density at radius 1 is 0.870 bits per heavy atom. The van der Waals surface area contributed by atoms with Crippen molar-refractivity contribution in [2.75, 3.05) is 25.7 Å². The van der Waals surface area contributed by atoms with Crippen molar-refractivity contribution in [2.45, 2.75) is 0 Å². The SMILES string of the molecule is COC(=O)c1ccc(N)c(I)c1.COC(=O)c1ccc(N)cc1. The molecule has 0 bridgehead atoms. The molecular formula is C16H17IN2O4. The van der Waals surface area contributed by atoms with Gasteiger partial charge in [-0.2, -0.15) is 0 Å². The van der Waals surface area contributed by atoms with Crippen LogP contribution in [0.3, 0.4) is 0 Å². The van der Waals surface area contributed by atoms with Gasteiger partial charge in [-0.3, -0.25) is 0 Å². The van der Waals surface area contributed by atoms with E-state index >= 15 is 0 Å². The van der Waals surface area contributed by atoms with Crippen LogP contribution in [0.15, 0.2) is 42.5 Å². The minimum atomic E-state index is -0.343. The van der Waals surface area contributed by atoms with Crippen LogP contribution in [0.25, 0.3) is 0 Å². The number of methoxy groups -OCH3 is 2. The Morgan fingerprint density at radius 2 is 1.35 bits per heavy atom. The molecule has 0 fully saturated rings. The highest BCUT2D eigenvalue weighted by molar-refractivity contribution is 14.1. The van der Waals surface area contributed by atoms with Crippen molar-refractivity contribution in [1.29, 1.82) is 0 Å². The third kappa shape index (κ3) is 5.78. The van der Waals surface area contributed by atoms with Crippen LogP contribution in [0, 0.1) is 3.57 Å². The number of hydrogen-bond donors (Lipinski definition) is 2. The van der Waals surface area contributed by atoms with Gasteiger partial charge in [0.1, 0.15) is 0 Å². The Hall–Kier alpha value is -2.29. The van der Waals surface area contributed by atoms with Gasteiger partial charge in [-0.05, 0) is 65.1 Å². The lowest BCUT2D eigenvalue weighted by Gasteiger charge is -2.01. The van der Waals surface area contributed by atoms with Crippen LogP contribution in [0.2, 0.25) is 0 Å². The minimum Gasteiger partial charge on any atom is -0.465 e. The average Bonchev–Trinajstić information content (AvgIpc) is 2.57. The van der Waals surface area contributed by atoms with Crippen LogP contribution in [-0.4, -0.2) is 26.2 Å². The molecule has 2 aromatic carbocycles. The summed E-state index contributed by atoms with van der Waals surface area (Å²) in [6.45, 7) is 0. The zero-order chi connectivity index (χ0) is 17.4. The fraction of sp³-hybridized carbons (Fsp3) is 0.125. The first-order valence-electron chi connectivity index (χ1n) is 6.46. The zero-order valence-electron chi connectivity index (χ0n) is 12.7. The van der Waals surface area contributed by atoms with Gasteiger partial charge in [0.15, 0.2) is 0 Å². The number of hydrogen-bond acceptors (Lipinski definition) is 6. The van der Waals surface area contributed by atoms with E-state index in [1.54, 1.807) is 42.5 Å². The number of carbonyl (C=O) groups excluding carboxylic acids is 2. The highest BCUT2D eigenvalue weighted by Crippen LogP contribution is 2.16. The second kappa shape index (κ2) is 8.99. The number of nitrogen functional groups attached to an aromatic ring is 2. The van der Waals surface area contributed by atoms with Crippen LogP contribution in [-0.2, 0) is 9.47 Å². The predicted molar refractivity (Wildman–Crippen MR) is 97.1 cm³/mol. The molecule has 122 valence electrons. The molecule has 0 amide bonds. The fourth-order valence-electron chi connectivity index (χ4n) is 1.51. The molecule has 7 heteroatoms. The zero-order valence-corrected chi connectivity index (χ0v) is 14.9. The molecule has 0 atom stereocenters. The summed E-state index contributed by atoms with van der Waals surface area (Å²) in [6.07, 6.45) is 0. The van der Waals surface area contributed by atoms with Crippen molar-refractivity contribution in [3.8, 4) is 0 Å². The summed E-state index contributed by atoms with van der Waals surface area (Å²) in [5, 5.41) is 0. The lowest BCUT2D eigenvalue weighted by atomic mass is 10.2. The smallest absolute Gasteiger partial charge is 0.337 e. The third-order valence-electron chi connectivity index (χ3n) is 2.75. The maximum absolute atomic E-state index is 11.0. The van der Waals surface area contributed by atoms with E-state index in [-0.39, 0.29) is 11.9 Å². The molecule has 4 N–H and O–H groups in total. The minimum absolute atomic E-state index is 0.340. The summed E-state index contributed by atoms with van der Waals surface area (Å²) in [4.78, 5) is 21.9. The summed E-state index contributed by atoms with van der Waals surface area (Å²) in [5.41, 5.74) is 13.3.